The van der Waals surface area contributed by atoms with Gasteiger partial charge in [0, 0.05) is 27.6 Å². The van der Waals surface area contributed by atoms with Gasteiger partial charge in [-0.1, -0.05) is 158 Å². The van der Waals surface area contributed by atoms with Crippen molar-refractivity contribution in [1.29, 1.82) is 0 Å². The van der Waals surface area contributed by atoms with Gasteiger partial charge in [0.25, 0.3) is 0 Å². The van der Waals surface area contributed by atoms with Gasteiger partial charge in [0.1, 0.15) is 0 Å². The predicted octanol–water partition coefficient (Wildman–Crippen LogP) is 11.1. The van der Waals surface area contributed by atoms with Crippen LogP contribution in [0.5, 0.6) is 0 Å². The van der Waals surface area contributed by atoms with Crippen LogP contribution in [0.25, 0.3) is 38.6 Å². The quantitative estimate of drug-likeness (QED) is 0.115. The Morgan fingerprint density at radius 2 is 0.941 bits per heavy atom. The van der Waals surface area contributed by atoms with Crippen LogP contribution >= 0.6 is 0 Å². The van der Waals surface area contributed by atoms with Crippen LogP contribution in [-0.4, -0.2) is 23.0 Å². The van der Waals surface area contributed by atoms with Gasteiger partial charge in [0.15, 0.2) is 11.7 Å². The fraction of sp³-hybridized carbons (Fsp3) is 0.0426. The molecule has 4 nitrogen and oxygen atoms in total. The SMILES string of the molecule is C=NC(=NC(=NCc1ccccc1)c1ccc(Cc2ccc(-c3ccc(-n4c5ccccc5c5ccccc54)cc3)cc2)cc1)c1ccccc1. The molecule has 8 rings (SSSR count). The van der Waals surface area contributed by atoms with E-state index in [2.05, 4.69) is 150 Å². The lowest BCUT2D eigenvalue weighted by Gasteiger charge is -2.10. The van der Waals surface area contributed by atoms with Crippen molar-refractivity contribution in [3.8, 4) is 16.8 Å². The molecule has 0 saturated heterocycles. The summed E-state index contributed by atoms with van der Waals surface area (Å²) >= 11 is 0. The number of fused-ring (bicyclic) bond motifs is 3. The number of nitrogens with zero attached hydrogens (tertiary/aromatic N) is 4. The molecule has 0 fully saturated rings. The molecule has 0 atom stereocenters. The normalized spacial score (nSPS) is 12.0. The standard InChI is InChI=1S/C47H36N4/c1-48-46(39-14-6-3-7-15-39)50-47(49-33-36-12-4-2-5-13-36)40-26-22-35(23-27-40)32-34-20-24-37(25-21-34)38-28-30-41(31-29-38)51-44-18-10-8-16-42(44)43-17-9-11-19-45(43)51/h2-31H,1,32-33H2. The van der Waals surface area contributed by atoms with Crippen LogP contribution in [0.2, 0.25) is 0 Å². The van der Waals surface area contributed by atoms with Gasteiger partial charge in [-0.2, -0.15) is 0 Å². The molecule has 0 aliphatic heterocycles. The Hall–Kier alpha value is -6.65. The first-order valence-electron chi connectivity index (χ1n) is 17.2. The summed E-state index contributed by atoms with van der Waals surface area (Å²) in [7, 11) is 0. The summed E-state index contributed by atoms with van der Waals surface area (Å²) in [5.74, 6) is 1.18. The van der Waals surface area contributed by atoms with Gasteiger partial charge in [-0.3, -0.25) is 4.99 Å². The number of amidine groups is 2. The van der Waals surface area contributed by atoms with Gasteiger partial charge in [-0.25, -0.2) is 9.98 Å². The van der Waals surface area contributed by atoms with Gasteiger partial charge < -0.3 is 4.57 Å². The second-order valence-electron chi connectivity index (χ2n) is 12.6. The topological polar surface area (TPSA) is 42.0 Å². The molecule has 4 heteroatoms. The molecule has 51 heavy (non-hydrogen) atoms. The maximum Gasteiger partial charge on any atom is 0.161 e. The number of para-hydroxylation sites is 2. The van der Waals surface area contributed by atoms with Crippen molar-refractivity contribution in [1.82, 2.24) is 4.57 Å². The van der Waals surface area contributed by atoms with Gasteiger partial charge in [-0.15, -0.1) is 0 Å². The monoisotopic (exact) mass is 656 g/mol. The third-order valence-electron chi connectivity index (χ3n) is 9.26. The molecular weight excluding hydrogens is 621 g/mol. The van der Waals surface area contributed by atoms with Gasteiger partial charge in [0.05, 0.1) is 17.6 Å². The number of benzene rings is 7. The minimum atomic E-state index is 0.524. The Labute approximate surface area is 298 Å². The van der Waals surface area contributed by atoms with Crippen molar-refractivity contribution >= 4 is 40.2 Å². The fourth-order valence-electron chi connectivity index (χ4n) is 6.65. The lowest BCUT2D eigenvalue weighted by Crippen LogP contribution is -2.05. The van der Waals surface area contributed by atoms with Gasteiger partial charge in [-0.05, 0) is 65.2 Å². The highest BCUT2D eigenvalue weighted by atomic mass is 15.0. The Bertz CT molecular complexity index is 2440. The molecule has 0 unspecified atom stereocenters. The molecule has 7 aromatic carbocycles. The van der Waals surface area contributed by atoms with E-state index >= 15 is 0 Å². The van der Waals surface area contributed by atoms with Crippen LogP contribution in [-0.2, 0) is 13.0 Å². The molecule has 0 aliphatic rings. The molecule has 0 N–H and O–H groups in total. The molecule has 0 spiro atoms. The Kier molecular flexibility index (Phi) is 8.96. The molecule has 0 aliphatic carbocycles. The molecule has 0 amide bonds. The lowest BCUT2D eigenvalue weighted by molar-refractivity contribution is 1.06. The van der Waals surface area contributed by atoms with Crippen molar-refractivity contribution in [3.63, 3.8) is 0 Å². The van der Waals surface area contributed by atoms with E-state index < -0.39 is 0 Å². The number of aromatic nitrogens is 1. The van der Waals surface area contributed by atoms with E-state index in [1.54, 1.807) is 0 Å². The highest BCUT2D eigenvalue weighted by Gasteiger charge is 2.12. The van der Waals surface area contributed by atoms with Crippen molar-refractivity contribution < 1.29 is 0 Å². The average molecular weight is 657 g/mol. The minimum Gasteiger partial charge on any atom is -0.309 e. The summed E-state index contributed by atoms with van der Waals surface area (Å²) in [4.78, 5) is 14.0. The maximum absolute atomic E-state index is 4.92. The molecule has 0 saturated carbocycles. The minimum absolute atomic E-state index is 0.524. The van der Waals surface area contributed by atoms with E-state index in [0.717, 1.165) is 28.8 Å². The Morgan fingerprint density at radius 1 is 0.451 bits per heavy atom. The zero-order valence-corrected chi connectivity index (χ0v) is 28.2. The number of hydrogen-bond acceptors (Lipinski definition) is 1. The second-order valence-corrected chi connectivity index (χ2v) is 12.6. The van der Waals surface area contributed by atoms with Crippen LogP contribution in [0.15, 0.2) is 197 Å². The highest BCUT2D eigenvalue weighted by molar-refractivity contribution is 6.12. The van der Waals surface area contributed by atoms with Crippen LogP contribution in [0, 0.1) is 0 Å². The summed E-state index contributed by atoms with van der Waals surface area (Å²) < 4.78 is 2.35. The summed E-state index contributed by atoms with van der Waals surface area (Å²) in [6, 6.07) is 63.6. The zero-order chi connectivity index (χ0) is 34.4. The molecule has 244 valence electrons. The van der Waals surface area contributed by atoms with E-state index in [1.165, 1.54) is 44.1 Å². The first-order valence-corrected chi connectivity index (χ1v) is 17.2. The average Bonchev–Trinajstić information content (AvgIpc) is 3.54. The Balaban J connectivity index is 1.00. The van der Waals surface area contributed by atoms with Crippen LogP contribution < -0.4 is 0 Å². The summed E-state index contributed by atoms with van der Waals surface area (Å²) in [5, 5.41) is 2.55. The van der Waals surface area contributed by atoms with Crippen LogP contribution in [0.1, 0.15) is 27.8 Å². The summed E-state index contributed by atoms with van der Waals surface area (Å²) in [6.07, 6.45) is 0.830. The molecular formula is C47H36N4. The first-order chi connectivity index (χ1) is 25.2. The lowest BCUT2D eigenvalue weighted by atomic mass is 9.99. The van der Waals surface area contributed by atoms with Crippen molar-refractivity contribution in [2.24, 2.45) is 15.0 Å². The maximum atomic E-state index is 4.92. The van der Waals surface area contributed by atoms with Crippen molar-refractivity contribution in [2.45, 2.75) is 13.0 Å². The summed E-state index contributed by atoms with van der Waals surface area (Å²) in [5.41, 5.74) is 11.4. The molecule has 0 radical (unpaired) electrons. The van der Waals surface area contributed by atoms with E-state index in [4.69, 9.17) is 9.98 Å². The fourth-order valence-corrected chi connectivity index (χ4v) is 6.65. The van der Waals surface area contributed by atoms with Crippen molar-refractivity contribution in [3.05, 3.63) is 210 Å². The molecule has 1 aromatic heterocycles. The first kappa shape index (κ1) is 31.6. The predicted molar refractivity (Wildman–Crippen MR) is 215 cm³/mol. The second kappa shape index (κ2) is 14.5. The molecule has 1 heterocycles. The van der Waals surface area contributed by atoms with Gasteiger partial charge in [0.2, 0.25) is 0 Å². The molecule has 0 bridgehead atoms. The third-order valence-corrected chi connectivity index (χ3v) is 9.26. The molecule has 8 aromatic rings. The summed E-state index contributed by atoms with van der Waals surface area (Å²) in [6.45, 7) is 4.31. The van der Waals surface area contributed by atoms with Gasteiger partial charge >= 0.3 is 0 Å². The van der Waals surface area contributed by atoms with Crippen molar-refractivity contribution in [2.75, 3.05) is 0 Å². The largest absolute Gasteiger partial charge is 0.309 e. The van der Waals surface area contributed by atoms with E-state index in [0.29, 0.717) is 18.2 Å². The van der Waals surface area contributed by atoms with E-state index in [9.17, 15) is 0 Å². The number of aliphatic imine (C=N–C) groups is 3. The zero-order valence-electron chi connectivity index (χ0n) is 28.2. The number of rotatable bonds is 8. The van der Waals surface area contributed by atoms with E-state index in [1.807, 2.05) is 48.5 Å². The highest BCUT2D eigenvalue weighted by Crippen LogP contribution is 2.32. The number of hydrogen-bond donors (Lipinski definition) is 0. The van der Waals surface area contributed by atoms with Crippen LogP contribution in [0.3, 0.4) is 0 Å². The Morgan fingerprint density at radius 3 is 1.53 bits per heavy atom. The van der Waals surface area contributed by atoms with E-state index in [-0.39, 0.29) is 0 Å². The third kappa shape index (κ3) is 6.81. The smallest absolute Gasteiger partial charge is 0.161 e. The van der Waals surface area contributed by atoms with Crippen LogP contribution in [0.4, 0.5) is 0 Å².